The summed E-state index contributed by atoms with van der Waals surface area (Å²) in [5.41, 5.74) is -2.38. The Bertz CT molecular complexity index is 272. The number of aliphatic hydroxyl groups is 2. The van der Waals surface area contributed by atoms with Crippen molar-refractivity contribution in [1.29, 1.82) is 0 Å². The van der Waals surface area contributed by atoms with E-state index < -0.39 is 22.9 Å². The molecule has 0 bridgehead atoms. The minimum atomic E-state index is -0.968. The quantitative estimate of drug-likeness (QED) is 0.518. The van der Waals surface area contributed by atoms with Gasteiger partial charge in [0.25, 0.3) is 14.7 Å². The van der Waals surface area contributed by atoms with Crippen molar-refractivity contribution in [1.82, 2.24) is 0 Å². The zero-order valence-corrected chi connectivity index (χ0v) is 13.5. The lowest BCUT2D eigenvalue weighted by atomic mass is 9.62. The molecular formula is C13H28B2O4. The molecule has 110 valence electrons. The second kappa shape index (κ2) is 6.61. The van der Waals surface area contributed by atoms with E-state index in [1.807, 2.05) is 27.7 Å². The van der Waals surface area contributed by atoms with Gasteiger partial charge in [-0.1, -0.05) is 13.8 Å². The van der Waals surface area contributed by atoms with Crippen LogP contribution in [0.25, 0.3) is 0 Å². The fraction of sp³-hybridized carbons (Fsp3) is 1.00. The molecule has 0 fully saturated rings. The Kier molecular flexibility index (Phi) is 6.60. The zero-order valence-electron chi connectivity index (χ0n) is 13.5. The highest BCUT2D eigenvalue weighted by atomic mass is 16.5. The Morgan fingerprint density at radius 2 is 1.32 bits per heavy atom. The Labute approximate surface area is 119 Å². The van der Waals surface area contributed by atoms with Crippen molar-refractivity contribution in [2.45, 2.75) is 78.3 Å². The van der Waals surface area contributed by atoms with Crippen molar-refractivity contribution in [2.24, 2.45) is 5.92 Å². The van der Waals surface area contributed by atoms with Crippen LogP contribution in [0.5, 0.6) is 0 Å². The van der Waals surface area contributed by atoms with Gasteiger partial charge in [-0.25, -0.2) is 0 Å². The third-order valence-corrected chi connectivity index (χ3v) is 3.61. The van der Waals surface area contributed by atoms with Gasteiger partial charge >= 0.3 is 0 Å². The highest BCUT2D eigenvalue weighted by molar-refractivity contribution is 6.93. The van der Waals surface area contributed by atoms with E-state index in [9.17, 15) is 10.2 Å². The lowest BCUT2D eigenvalue weighted by molar-refractivity contribution is -0.0898. The molecule has 0 aliphatic rings. The van der Waals surface area contributed by atoms with Crippen molar-refractivity contribution < 1.29 is 19.5 Å². The SMILES string of the molecule is CC(C)C(O)C(C)(C)O[B][B]OC(C)(C)C(C)(C)O. The molecule has 0 aliphatic heterocycles. The van der Waals surface area contributed by atoms with Crippen molar-refractivity contribution in [3.05, 3.63) is 0 Å². The molecule has 0 aliphatic carbocycles. The average molecular weight is 270 g/mol. The standard InChI is InChI=1S/C13H28B2O4/c1-9(2)10(16)11(3,4)18-14-15-19-13(7,8)12(5,6)17/h9-10,16-17H,1-8H3. The van der Waals surface area contributed by atoms with Crippen molar-refractivity contribution in [2.75, 3.05) is 0 Å². The minimum absolute atomic E-state index is 0.108. The van der Waals surface area contributed by atoms with Crippen LogP contribution < -0.4 is 0 Å². The summed E-state index contributed by atoms with van der Waals surface area (Å²) in [5.74, 6) is 0.108. The van der Waals surface area contributed by atoms with E-state index in [0.29, 0.717) is 0 Å². The molecular weight excluding hydrogens is 242 g/mol. The van der Waals surface area contributed by atoms with E-state index in [4.69, 9.17) is 9.31 Å². The van der Waals surface area contributed by atoms with E-state index in [1.54, 1.807) is 27.7 Å². The second-order valence-corrected chi connectivity index (χ2v) is 6.87. The van der Waals surface area contributed by atoms with Gasteiger partial charge in [-0.3, -0.25) is 0 Å². The number of aliphatic hydroxyl groups excluding tert-OH is 1. The fourth-order valence-electron chi connectivity index (χ4n) is 1.42. The van der Waals surface area contributed by atoms with Gasteiger partial charge in [0.05, 0.1) is 22.9 Å². The summed E-state index contributed by atoms with van der Waals surface area (Å²) in [4.78, 5) is 0. The van der Waals surface area contributed by atoms with Crippen LogP contribution in [0.15, 0.2) is 0 Å². The Hall–Kier alpha value is -0.0301. The van der Waals surface area contributed by atoms with Crippen LogP contribution in [0.2, 0.25) is 0 Å². The summed E-state index contributed by atoms with van der Waals surface area (Å²) in [6.07, 6.45) is -0.570. The highest BCUT2D eigenvalue weighted by Crippen LogP contribution is 2.24. The van der Waals surface area contributed by atoms with Gasteiger partial charge in [0, 0.05) is 0 Å². The minimum Gasteiger partial charge on any atom is -0.440 e. The van der Waals surface area contributed by atoms with E-state index in [-0.39, 0.29) is 5.92 Å². The average Bonchev–Trinajstić information content (AvgIpc) is 2.21. The molecule has 4 nitrogen and oxygen atoms in total. The predicted octanol–water partition coefficient (Wildman–Crippen LogP) is 1.52. The van der Waals surface area contributed by atoms with Crippen molar-refractivity contribution in [3.8, 4) is 0 Å². The van der Waals surface area contributed by atoms with Crippen LogP contribution in [0.4, 0.5) is 0 Å². The molecule has 0 amide bonds. The van der Waals surface area contributed by atoms with Crippen LogP contribution in [0.1, 0.15) is 55.4 Å². The van der Waals surface area contributed by atoms with Gasteiger partial charge in [0.1, 0.15) is 0 Å². The molecule has 0 saturated heterocycles. The van der Waals surface area contributed by atoms with Gasteiger partial charge in [0.2, 0.25) is 0 Å². The molecule has 0 heterocycles. The van der Waals surface area contributed by atoms with Crippen LogP contribution in [0.3, 0.4) is 0 Å². The number of hydrogen-bond donors (Lipinski definition) is 2. The normalized spacial score (nSPS) is 15.5. The largest absolute Gasteiger partial charge is 0.440 e. The number of rotatable bonds is 8. The smallest absolute Gasteiger partial charge is 0.283 e. The van der Waals surface area contributed by atoms with Gasteiger partial charge < -0.3 is 19.5 Å². The molecule has 0 saturated carbocycles. The molecule has 0 aromatic rings. The molecule has 6 heteroatoms. The first-order valence-corrected chi connectivity index (χ1v) is 6.72. The van der Waals surface area contributed by atoms with Crippen LogP contribution in [-0.4, -0.2) is 47.9 Å². The van der Waals surface area contributed by atoms with E-state index in [0.717, 1.165) is 0 Å². The van der Waals surface area contributed by atoms with Crippen molar-refractivity contribution >= 4 is 14.7 Å². The molecule has 19 heavy (non-hydrogen) atoms. The summed E-state index contributed by atoms with van der Waals surface area (Å²) >= 11 is 0. The molecule has 0 spiro atoms. The molecule has 1 unspecified atom stereocenters. The van der Waals surface area contributed by atoms with Crippen molar-refractivity contribution in [3.63, 3.8) is 0 Å². The number of hydrogen-bond acceptors (Lipinski definition) is 4. The molecule has 0 aromatic carbocycles. The van der Waals surface area contributed by atoms with E-state index in [2.05, 4.69) is 0 Å². The summed E-state index contributed by atoms with van der Waals surface area (Å²) in [6, 6.07) is 0. The summed E-state index contributed by atoms with van der Waals surface area (Å²) in [7, 11) is 2.83. The molecule has 2 N–H and O–H groups in total. The van der Waals surface area contributed by atoms with Gasteiger partial charge in [-0.15, -0.1) is 0 Å². The lowest BCUT2D eigenvalue weighted by Gasteiger charge is -2.38. The summed E-state index contributed by atoms with van der Waals surface area (Å²) in [6.45, 7) is 14.5. The van der Waals surface area contributed by atoms with Gasteiger partial charge in [0.15, 0.2) is 0 Å². The molecule has 0 rings (SSSR count). The Morgan fingerprint density at radius 3 is 1.68 bits per heavy atom. The Balaban J connectivity index is 4.19. The first kappa shape index (κ1) is 19.0. The maximum Gasteiger partial charge on any atom is 0.283 e. The monoisotopic (exact) mass is 270 g/mol. The van der Waals surface area contributed by atoms with E-state index >= 15 is 0 Å². The van der Waals surface area contributed by atoms with Crippen LogP contribution in [0, 0.1) is 5.92 Å². The molecule has 0 aromatic heterocycles. The maximum atomic E-state index is 10.0. The topological polar surface area (TPSA) is 58.9 Å². The lowest BCUT2D eigenvalue weighted by Crippen LogP contribution is -2.49. The maximum absolute atomic E-state index is 10.0. The van der Waals surface area contributed by atoms with E-state index in [1.165, 1.54) is 14.7 Å². The third kappa shape index (κ3) is 5.86. The molecule has 2 radical (unpaired) electrons. The van der Waals surface area contributed by atoms with Crippen LogP contribution in [-0.2, 0) is 9.31 Å². The van der Waals surface area contributed by atoms with Crippen LogP contribution >= 0.6 is 0 Å². The predicted molar refractivity (Wildman–Crippen MR) is 79.0 cm³/mol. The summed E-state index contributed by atoms with van der Waals surface area (Å²) in [5, 5.41) is 19.9. The summed E-state index contributed by atoms with van der Waals surface area (Å²) < 4.78 is 11.0. The highest BCUT2D eigenvalue weighted by Gasteiger charge is 2.36. The fourth-order valence-corrected chi connectivity index (χ4v) is 1.42. The zero-order chi connectivity index (χ0) is 15.5. The Morgan fingerprint density at radius 1 is 0.895 bits per heavy atom. The molecule has 1 atom stereocenters. The van der Waals surface area contributed by atoms with Gasteiger partial charge in [-0.2, -0.15) is 0 Å². The first-order chi connectivity index (χ1) is 8.31. The second-order valence-electron chi connectivity index (χ2n) is 6.87. The first-order valence-electron chi connectivity index (χ1n) is 6.72. The third-order valence-electron chi connectivity index (χ3n) is 3.61. The van der Waals surface area contributed by atoms with Gasteiger partial charge in [-0.05, 0) is 47.5 Å².